The predicted octanol–water partition coefficient (Wildman–Crippen LogP) is 3.10. The molecule has 0 aliphatic rings. The Bertz CT molecular complexity index is 491. The van der Waals surface area contributed by atoms with E-state index >= 15 is 0 Å². The van der Waals surface area contributed by atoms with Crippen LogP contribution in [0.2, 0.25) is 0 Å². The number of carbonyl (C=O) groups excluding carboxylic acids is 1. The van der Waals surface area contributed by atoms with E-state index in [2.05, 4.69) is 10.3 Å². The first-order chi connectivity index (χ1) is 7.88. The first-order valence-corrected chi connectivity index (χ1v) is 5.66. The maximum Gasteiger partial charge on any atom is 0.187 e. The quantitative estimate of drug-likeness (QED) is 0.648. The van der Waals surface area contributed by atoms with E-state index in [4.69, 9.17) is 0 Å². The van der Waals surface area contributed by atoms with Crippen LogP contribution >= 0.6 is 11.3 Å². The second kappa shape index (κ2) is 5.23. The normalized spacial score (nSPS) is 10.5. The third-order valence-corrected chi connectivity index (χ3v) is 2.67. The van der Waals surface area contributed by atoms with E-state index in [1.807, 2.05) is 35.7 Å². The summed E-state index contributed by atoms with van der Waals surface area (Å²) in [7, 11) is 0. The molecule has 0 fully saturated rings. The highest BCUT2D eigenvalue weighted by molar-refractivity contribution is 7.13. The van der Waals surface area contributed by atoms with Crippen LogP contribution < -0.4 is 5.32 Å². The second-order valence-corrected chi connectivity index (χ2v) is 3.92. The Morgan fingerprint density at radius 3 is 2.81 bits per heavy atom. The first-order valence-electron chi connectivity index (χ1n) is 4.78. The van der Waals surface area contributed by atoms with Gasteiger partial charge in [-0.05, 0) is 24.3 Å². The monoisotopic (exact) mass is 230 g/mol. The van der Waals surface area contributed by atoms with Crippen LogP contribution in [0.4, 0.5) is 10.8 Å². The Balaban J connectivity index is 2.08. The molecule has 0 amide bonds. The van der Waals surface area contributed by atoms with E-state index in [0.717, 1.165) is 22.8 Å². The predicted molar refractivity (Wildman–Crippen MR) is 66.9 cm³/mol. The summed E-state index contributed by atoms with van der Waals surface area (Å²) in [6.07, 6.45) is 3.85. The van der Waals surface area contributed by atoms with Gasteiger partial charge in [-0.15, -0.1) is 11.3 Å². The van der Waals surface area contributed by atoms with E-state index in [-0.39, 0.29) is 0 Å². The zero-order chi connectivity index (χ0) is 11.2. The number of aromatic nitrogens is 1. The summed E-state index contributed by atoms with van der Waals surface area (Å²) in [6.45, 7) is 0. The molecule has 0 aliphatic heterocycles. The van der Waals surface area contributed by atoms with Crippen molar-refractivity contribution in [3.63, 3.8) is 0 Å². The van der Waals surface area contributed by atoms with Gasteiger partial charge in [0.1, 0.15) is 6.29 Å². The Morgan fingerprint density at radius 1 is 1.25 bits per heavy atom. The highest BCUT2D eigenvalue weighted by Crippen LogP contribution is 2.20. The number of thiazole rings is 1. The van der Waals surface area contributed by atoms with Crippen molar-refractivity contribution in [2.75, 3.05) is 5.32 Å². The molecular formula is C12H10N2OS. The summed E-state index contributed by atoms with van der Waals surface area (Å²) >= 11 is 1.51. The number of nitrogens with zero attached hydrogens (tertiary/aromatic N) is 1. The molecular weight excluding hydrogens is 220 g/mol. The number of benzene rings is 1. The standard InChI is InChI=1S/C12H10N2OS/c15-8-4-7-11-9-16-12(14-11)13-10-5-2-1-3-6-10/h1-9H,(H,13,14). The van der Waals surface area contributed by atoms with Crippen molar-refractivity contribution in [2.45, 2.75) is 0 Å². The van der Waals surface area contributed by atoms with Crippen molar-refractivity contribution in [3.05, 3.63) is 47.5 Å². The molecule has 0 saturated heterocycles. The van der Waals surface area contributed by atoms with Gasteiger partial charge in [0, 0.05) is 11.1 Å². The van der Waals surface area contributed by atoms with Crippen LogP contribution in [0.25, 0.3) is 6.08 Å². The van der Waals surface area contributed by atoms with Gasteiger partial charge >= 0.3 is 0 Å². The molecule has 0 aliphatic carbocycles. The molecule has 0 bridgehead atoms. The van der Waals surface area contributed by atoms with Gasteiger partial charge in [0.15, 0.2) is 5.13 Å². The van der Waals surface area contributed by atoms with E-state index in [0.29, 0.717) is 0 Å². The van der Waals surface area contributed by atoms with Crippen molar-refractivity contribution < 1.29 is 4.79 Å². The molecule has 3 nitrogen and oxygen atoms in total. The summed E-state index contributed by atoms with van der Waals surface area (Å²) in [6, 6.07) is 9.84. The maximum absolute atomic E-state index is 10.1. The molecule has 0 atom stereocenters. The fraction of sp³-hybridized carbons (Fsp3) is 0. The van der Waals surface area contributed by atoms with Gasteiger partial charge in [-0.1, -0.05) is 18.2 Å². The number of aldehydes is 1. The SMILES string of the molecule is O=CC=Cc1csc(Nc2ccccc2)n1. The molecule has 1 N–H and O–H groups in total. The Labute approximate surface area is 97.5 Å². The van der Waals surface area contributed by atoms with Crippen LogP contribution in [0.15, 0.2) is 41.8 Å². The highest BCUT2D eigenvalue weighted by atomic mass is 32.1. The fourth-order valence-electron chi connectivity index (χ4n) is 1.20. The number of carbonyl (C=O) groups is 1. The van der Waals surface area contributed by atoms with Gasteiger partial charge in [-0.2, -0.15) is 0 Å². The molecule has 2 rings (SSSR count). The second-order valence-electron chi connectivity index (χ2n) is 3.06. The molecule has 0 spiro atoms. The summed E-state index contributed by atoms with van der Waals surface area (Å²) in [5, 5.41) is 5.90. The van der Waals surface area contributed by atoms with Gasteiger partial charge in [0.25, 0.3) is 0 Å². The van der Waals surface area contributed by atoms with E-state index in [1.54, 1.807) is 6.08 Å². The van der Waals surface area contributed by atoms with Crippen LogP contribution in [-0.2, 0) is 4.79 Å². The molecule has 1 aromatic carbocycles. The molecule has 1 aromatic heterocycles. The number of para-hydroxylation sites is 1. The summed E-state index contributed by atoms with van der Waals surface area (Å²) < 4.78 is 0. The average Bonchev–Trinajstić information content (AvgIpc) is 2.75. The van der Waals surface area contributed by atoms with Gasteiger partial charge < -0.3 is 5.32 Å². The van der Waals surface area contributed by atoms with Crippen molar-refractivity contribution in [2.24, 2.45) is 0 Å². The van der Waals surface area contributed by atoms with E-state index < -0.39 is 0 Å². The summed E-state index contributed by atoms with van der Waals surface area (Å²) in [4.78, 5) is 14.5. The van der Waals surface area contributed by atoms with Crippen molar-refractivity contribution in [3.8, 4) is 0 Å². The third kappa shape index (κ3) is 2.77. The average molecular weight is 230 g/mol. The molecule has 1 heterocycles. The minimum Gasteiger partial charge on any atom is -0.332 e. The van der Waals surface area contributed by atoms with Crippen LogP contribution in [0.3, 0.4) is 0 Å². The number of allylic oxidation sites excluding steroid dienone is 1. The lowest BCUT2D eigenvalue weighted by atomic mass is 10.3. The minimum atomic E-state index is 0.740. The third-order valence-electron chi connectivity index (χ3n) is 1.89. The topological polar surface area (TPSA) is 42.0 Å². The smallest absolute Gasteiger partial charge is 0.187 e. The van der Waals surface area contributed by atoms with Crippen molar-refractivity contribution in [1.82, 2.24) is 4.98 Å². The molecule has 0 unspecified atom stereocenters. The first kappa shape index (κ1) is 10.6. The number of anilines is 2. The maximum atomic E-state index is 10.1. The highest BCUT2D eigenvalue weighted by Gasteiger charge is 1.98. The number of rotatable bonds is 4. The molecule has 0 saturated carbocycles. The zero-order valence-corrected chi connectivity index (χ0v) is 9.28. The van der Waals surface area contributed by atoms with E-state index in [9.17, 15) is 4.79 Å². The Kier molecular flexibility index (Phi) is 3.46. The summed E-state index contributed by atoms with van der Waals surface area (Å²) in [5.41, 5.74) is 1.79. The van der Waals surface area contributed by atoms with Crippen LogP contribution in [-0.4, -0.2) is 11.3 Å². The van der Waals surface area contributed by atoms with E-state index in [1.165, 1.54) is 17.4 Å². The lowest BCUT2D eigenvalue weighted by Gasteiger charge is -2.00. The molecule has 0 radical (unpaired) electrons. The Morgan fingerprint density at radius 2 is 2.06 bits per heavy atom. The van der Waals surface area contributed by atoms with Gasteiger partial charge in [0.2, 0.25) is 0 Å². The molecule has 16 heavy (non-hydrogen) atoms. The van der Waals surface area contributed by atoms with Crippen LogP contribution in [0.5, 0.6) is 0 Å². The minimum absolute atomic E-state index is 0.740. The largest absolute Gasteiger partial charge is 0.332 e. The number of hydrogen-bond acceptors (Lipinski definition) is 4. The lowest BCUT2D eigenvalue weighted by Crippen LogP contribution is -1.88. The van der Waals surface area contributed by atoms with Crippen LogP contribution in [0, 0.1) is 0 Å². The van der Waals surface area contributed by atoms with Gasteiger partial charge in [0.05, 0.1) is 5.69 Å². The number of nitrogens with one attached hydrogen (secondary N) is 1. The van der Waals surface area contributed by atoms with Crippen LogP contribution in [0.1, 0.15) is 5.69 Å². The van der Waals surface area contributed by atoms with Gasteiger partial charge in [-0.3, -0.25) is 4.79 Å². The Hall–Kier alpha value is -1.94. The summed E-state index contributed by atoms with van der Waals surface area (Å²) in [5.74, 6) is 0. The van der Waals surface area contributed by atoms with Crippen molar-refractivity contribution in [1.29, 1.82) is 0 Å². The molecule has 2 aromatic rings. The fourth-order valence-corrected chi connectivity index (χ4v) is 1.90. The zero-order valence-electron chi connectivity index (χ0n) is 8.46. The molecule has 4 heteroatoms. The van der Waals surface area contributed by atoms with Crippen molar-refractivity contribution >= 4 is 34.5 Å². The number of hydrogen-bond donors (Lipinski definition) is 1. The van der Waals surface area contributed by atoms with Gasteiger partial charge in [-0.25, -0.2) is 4.98 Å². The lowest BCUT2D eigenvalue weighted by molar-refractivity contribution is -0.104. The molecule has 80 valence electrons.